The van der Waals surface area contributed by atoms with Crippen LogP contribution in [0.2, 0.25) is 0 Å². The first-order chi connectivity index (χ1) is 9.88. The van der Waals surface area contributed by atoms with Gasteiger partial charge in [0.1, 0.15) is 5.69 Å². The Hall–Kier alpha value is -1.93. The van der Waals surface area contributed by atoms with E-state index in [4.69, 9.17) is 0 Å². The molecule has 0 aliphatic heterocycles. The van der Waals surface area contributed by atoms with E-state index >= 15 is 0 Å². The molecular weight excluding hydrogens is 358 g/mol. The first-order valence-corrected chi connectivity index (χ1v) is 7.52. The van der Waals surface area contributed by atoms with Crippen molar-refractivity contribution in [1.29, 1.82) is 0 Å². The van der Waals surface area contributed by atoms with Gasteiger partial charge in [-0.05, 0) is 41.1 Å². The highest BCUT2D eigenvalue weighted by molar-refractivity contribution is 9.10. The van der Waals surface area contributed by atoms with E-state index in [1.165, 1.54) is 6.92 Å². The largest absolute Gasteiger partial charge is 0.345 e. The van der Waals surface area contributed by atoms with Crippen molar-refractivity contribution >= 4 is 44.9 Å². The number of Topliss-reactive ketones (excluding diaryl/α,β-unsaturated/α-hetero) is 1. The van der Waals surface area contributed by atoms with Crippen LogP contribution in [0.15, 0.2) is 28.9 Å². The Labute approximate surface area is 133 Å². The number of aryl methyl sites for hydroxylation is 1. The van der Waals surface area contributed by atoms with Crippen molar-refractivity contribution in [1.82, 2.24) is 15.4 Å². The number of rotatable bonds is 3. The quantitative estimate of drug-likeness (QED) is 0.642. The van der Waals surface area contributed by atoms with Gasteiger partial charge in [-0.2, -0.15) is 0 Å². The third kappa shape index (κ3) is 3.59. The van der Waals surface area contributed by atoms with Crippen molar-refractivity contribution in [3.8, 4) is 0 Å². The number of nitrogens with one attached hydrogen (secondary N) is 2. The van der Waals surface area contributed by atoms with Crippen molar-refractivity contribution in [3.05, 3.63) is 44.3 Å². The van der Waals surface area contributed by atoms with Crippen molar-refractivity contribution < 1.29 is 14.4 Å². The normalized spacial score (nSPS) is 10.2. The van der Waals surface area contributed by atoms with Crippen molar-refractivity contribution in [2.45, 2.75) is 6.92 Å². The van der Waals surface area contributed by atoms with E-state index in [1.807, 2.05) is 0 Å². The summed E-state index contributed by atoms with van der Waals surface area (Å²) in [5.41, 5.74) is 5.05. The predicted octanol–water partition coefficient (Wildman–Crippen LogP) is 2.13. The predicted molar refractivity (Wildman–Crippen MR) is 82.4 cm³/mol. The minimum Gasteiger partial charge on any atom is -0.345 e. The molecule has 0 aliphatic rings. The highest BCUT2D eigenvalue weighted by Crippen LogP contribution is 2.16. The zero-order valence-electron chi connectivity index (χ0n) is 11.3. The molecule has 0 atom stereocenters. The van der Waals surface area contributed by atoms with Crippen LogP contribution in [-0.4, -0.2) is 22.2 Å². The fraction of sp³-hybridized carbons (Fsp3) is 0.154. The van der Waals surface area contributed by atoms with Crippen LogP contribution >= 0.6 is 27.3 Å². The number of thiophene rings is 1. The molecule has 2 amide bonds. The van der Waals surface area contributed by atoms with Crippen LogP contribution in [0.3, 0.4) is 0 Å². The topological polar surface area (TPSA) is 80.2 Å². The maximum absolute atomic E-state index is 11.9. The molecule has 2 aromatic heterocycles. The minimum absolute atomic E-state index is 0.100. The molecule has 8 heteroatoms. The Balaban J connectivity index is 1.99. The molecule has 0 bridgehead atoms. The SMILES string of the molecule is CC(=O)c1ccc(C(=O)NNC(=O)c2cc(Br)cn2C)s1. The van der Waals surface area contributed by atoms with Gasteiger partial charge in [0.15, 0.2) is 5.78 Å². The van der Waals surface area contributed by atoms with Crippen LogP contribution in [0, 0.1) is 0 Å². The van der Waals surface area contributed by atoms with Crippen LogP contribution < -0.4 is 10.9 Å². The van der Waals surface area contributed by atoms with Gasteiger partial charge in [0.25, 0.3) is 11.8 Å². The molecule has 0 fully saturated rings. The van der Waals surface area contributed by atoms with Crippen LogP contribution in [0.4, 0.5) is 0 Å². The maximum atomic E-state index is 11.9. The molecule has 0 unspecified atom stereocenters. The summed E-state index contributed by atoms with van der Waals surface area (Å²) in [5, 5.41) is 0. The Morgan fingerprint density at radius 1 is 1.14 bits per heavy atom. The molecule has 2 N–H and O–H groups in total. The first-order valence-electron chi connectivity index (χ1n) is 5.92. The molecule has 0 radical (unpaired) electrons. The van der Waals surface area contributed by atoms with E-state index in [0.29, 0.717) is 15.4 Å². The first kappa shape index (κ1) is 15.5. The van der Waals surface area contributed by atoms with Crippen LogP contribution in [0.1, 0.15) is 36.8 Å². The Bertz CT molecular complexity index is 720. The Morgan fingerprint density at radius 2 is 1.76 bits per heavy atom. The van der Waals surface area contributed by atoms with Crippen LogP contribution in [0.25, 0.3) is 0 Å². The number of carbonyl (C=O) groups excluding carboxylic acids is 3. The molecule has 2 rings (SSSR count). The molecule has 0 spiro atoms. The Morgan fingerprint density at radius 3 is 2.29 bits per heavy atom. The van der Waals surface area contributed by atoms with E-state index in [1.54, 1.807) is 36.0 Å². The fourth-order valence-electron chi connectivity index (χ4n) is 1.64. The molecule has 2 heterocycles. The number of hydrogen-bond donors (Lipinski definition) is 2. The number of aromatic nitrogens is 1. The van der Waals surface area contributed by atoms with Gasteiger partial charge in [0.2, 0.25) is 0 Å². The summed E-state index contributed by atoms with van der Waals surface area (Å²) in [6, 6.07) is 4.76. The smallest absolute Gasteiger partial charge is 0.286 e. The molecule has 2 aromatic rings. The number of halogens is 1. The number of carbonyl (C=O) groups is 3. The second-order valence-corrected chi connectivity index (χ2v) is 6.28. The monoisotopic (exact) mass is 369 g/mol. The summed E-state index contributed by atoms with van der Waals surface area (Å²) in [5.74, 6) is -0.995. The lowest BCUT2D eigenvalue weighted by Crippen LogP contribution is -2.41. The molecule has 0 aliphatic carbocycles. The van der Waals surface area contributed by atoms with Gasteiger partial charge in [-0.3, -0.25) is 25.2 Å². The third-order valence-electron chi connectivity index (χ3n) is 2.67. The summed E-state index contributed by atoms with van der Waals surface area (Å²) in [7, 11) is 1.72. The van der Waals surface area contributed by atoms with Gasteiger partial charge in [0.05, 0.1) is 9.75 Å². The molecule has 110 valence electrons. The average Bonchev–Trinajstić information content (AvgIpc) is 3.02. The molecule has 0 aromatic carbocycles. The van der Waals surface area contributed by atoms with E-state index < -0.39 is 11.8 Å². The summed E-state index contributed by atoms with van der Waals surface area (Å²) >= 11 is 4.34. The number of amides is 2. The van der Waals surface area contributed by atoms with Gasteiger partial charge in [-0.15, -0.1) is 11.3 Å². The van der Waals surface area contributed by atoms with Crippen molar-refractivity contribution in [2.75, 3.05) is 0 Å². The summed E-state index contributed by atoms with van der Waals surface area (Å²) in [4.78, 5) is 35.8. The second-order valence-electron chi connectivity index (χ2n) is 4.28. The van der Waals surface area contributed by atoms with Crippen LogP contribution in [0.5, 0.6) is 0 Å². The summed E-state index contributed by atoms with van der Waals surface area (Å²) < 4.78 is 2.40. The Kier molecular flexibility index (Phi) is 4.59. The zero-order chi connectivity index (χ0) is 15.6. The standard InChI is InChI=1S/C13H12BrN3O3S/c1-7(18)10-3-4-11(21-10)13(20)16-15-12(19)9-5-8(14)6-17(9)2/h3-6H,1-2H3,(H,15,19)(H,16,20). The highest BCUT2D eigenvalue weighted by Gasteiger charge is 2.14. The molecule has 0 saturated heterocycles. The zero-order valence-corrected chi connectivity index (χ0v) is 13.7. The van der Waals surface area contributed by atoms with E-state index in [2.05, 4.69) is 26.8 Å². The fourth-order valence-corrected chi connectivity index (χ4v) is 2.96. The van der Waals surface area contributed by atoms with E-state index in [9.17, 15) is 14.4 Å². The van der Waals surface area contributed by atoms with Gasteiger partial charge >= 0.3 is 0 Å². The van der Waals surface area contributed by atoms with E-state index in [0.717, 1.165) is 15.8 Å². The lowest BCUT2D eigenvalue weighted by atomic mass is 10.3. The lowest BCUT2D eigenvalue weighted by Gasteiger charge is -2.06. The van der Waals surface area contributed by atoms with Crippen molar-refractivity contribution in [2.24, 2.45) is 7.05 Å². The number of ketones is 1. The summed E-state index contributed by atoms with van der Waals surface area (Å²) in [6.07, 6.45) is 1.73. The molecule has 21 heavy (non-hydrogen) atoms. The summed E-state index contributed by atoms with van der Waals surface area (Å²) in [6.45, 7) is 1.43. The second kappa shape index (κ2) is 6.23. The molecular formula is C13H12BrN3O3S. The molecule has 6 nitrogen and oxygen atoms in total. The number of hydrogen-bond acceptors (Lipinski definition) is 4. The van der Waals surface area contributed by atoms with Crippen LogP contribution in [-0.2, 0) is 7.05 Å². The van der Waals surface area contributed by atoms with Gasteiger partial charge in [-0.25, -0.2) is 0 Å². The average molecular weight is 370 g/mol. The van der Waals surface area contributed by atoms with Gasteiger partial charge < -0.3 is 4.57 Å². The number of nitrogens with zero attached hydrogens (tertiary/aromatic N) is 1. The number of hydrazine groups is 1. The highest BCUT2D eigenvalue weighted by atomic mass is 79.9. The lowest BCUT2D eigenvalue weighted by molar-refractivity contribution is 0.0844. The third-order valence-corrected chi connectivity index (χ3v) is 4.29. The van der Waals surface area contributed by atoms with Crippen molar-refractivity contribution in [3.63, 3.8) is 0 Å². The maximum Gasteiger partial charge on any atom is 0.286 e. The minimum atomic E-state index is -0.464. The molecule has 0 saturated carbocycles. The van der Waals surface area contributed by atoms with Gasteiger partial charge in [0, 0.05) is 17.7 Å². The van der Waals surface area contributed by atoms with Gasteiger partial charge in [-0.1, -0.05) is 0 Å². The van der Waals surface area contributed by atoms with E-state index in [-0.39, 0.29) is 5.78 Å².